The molecule has 21 heavy (non-hydrogen) atoms. The molecule has 0 saturated carbocycles. The molecule has 2 aromatic rings. The summed E-state index contributed by atoms with van der Waals surface area (Å²) >= 11 is 1.68. The van der Waals surface area contributed by atoms with Gasteiger partial charge in [-0.25, -0.2) is 0 Å². The number of nitrogens with one attached hydrogen (secondary N) is 1. The smallest absolute Gasteiger partial charge is 0.131 e. The molecule has 114 valence electrons. The molecule has 7 heteroatoms. The monoisotopic (exact) mass is 307 g/mol. The lowest BCUT2D eigenvalue weighted by molar-refractivity contribution is 0.0979. The zero-order valence-electron chi connectivity index (χ0n) is 12.7. The van der Waals surface area contributed by atoms with E-state index in [1.807, 2.05) is 17.9 Å². The van der Waals surface area contributed by atoms with Crippen LogP contribution in [0.1, 0.15) is 40.7 Å². The first-order chi connectivity index (χ1) is 10.2. The highest BCUT2D eigenvalue weighted by Crippen LogP contribution is 2.31. The van der Waals surface area contributed by atoms with E-state index in [-0.39, 0.29) is 6.10 Å². The fraction of sp³-hybridized carbons (Fsp3) is 0.643. The van der Waals surface area contributed by atoms with E-state index >= 15 is 0 Å². The van der Waals surface area contributed by atoms with Gasteiger partial charge in [-0.3, -0.25) is 4.68 Å². The molecule has 0 aromatic carbocycles. The van der Waals surface area contributed by atoms with Crippen LogP contribution in [0.15, 0.2) is 6.20 Å². The van der Waals surface area contributed by atoms with Crippen molar-refractivity contribution in [3.8, 4) is 0 Å². The molecule has 2 atom stereocenters. The van der Waals surface area contributed by atoms with Gasteiger partial charge in [-0.15, -0.1) is 21.5 Å². The van der Waals surface area contributed by atoms with Gasteiger partial charge in [0.25, 0.3) is 0 Å². The number of aryl methyl sites for hydroxylation is 2. The third-order valence-corrected chi connectivity index (χ3v) is 5.07. The van der Waals surface area contributed by atoms with Crippen molar-refractivity contribution in [2.45, 2.75) is 45.4 Å². The minimum absolute atomic E-state index is 0.0808. The third-order valence-electron chi connectivity index (χ3n) is 4.00. The Morgan fingerprint density at radius 3 is 2.90 bits per heavy atom. The summed E-state index contributed by atoms with van der Waals surface area (Å²) in [5, 5.41) is 18.4. The Kier molecular flexibility index (Phi) is 4.32. The molecule has 3 heterocycles. The highest BCUT2D eigenvalue weighted by Gasteiger charge is 2.31. The Morgan fingerprint density at radius 1 is 1.43 bits per heavy atom. The molecule has 0 amide bonds. The standard InChI is InChI=1S/C14H21N5OS/c1-4-12-17-18-13(21-12)8-15-11-5-6-20-14(11)10-7-16-19(3)9(10)2/h7,11,14-15H,4-6,8H2,1-3H3/t11-,14+/m0/s1. The van der Waals surface area contributed by atoms with Crippen molar-refractivity contribution in [1.82, 2.24) is 25.3 Å². The molecule has 0 radical (unpaired) electrons. The van der Waals surface area contributed by atoms with E-state index in [1.165, 1.54) is 5.56 Å². The topological polar surface area (TPSA) is 64.9 Å². The van der Waals surface area contributed by atoms with E-state index in [0.29, 0.717) is 6.04 Å². The first-order valence-corrected chi connectivity index (χ1v) is 8.15. The number of rotatable bonds is 5. The Labute approximate surface area is 128 Å². The van der Waals surface area contributed by atoms with Crippen LogP contribution in [-0.2, 0) is 24.8 Å². The summed E-state index contributed by atoms with van der Waals surface area (Å²) in [6, 6.07) is 0.307. The molecule has 1 saturated heterocycles. The molecule has 3 rings (SSSR count). The fourth-order valence-corrected chi connectivity index (χ4v) is 3.36. The maximum Gasteiger partial charge on any atom is 0.131 e. The fourth-order valence-electron chi connectivity index (χ4n) is 2.62. The SMILES string of the molecule is CCc1nnc(CN[C@H]2CCO[C@@H]2c2cnn(C)c2C)s1. The number of hydrogen-bond donors (Lipinski definition) is 1. The Bertz CT molecular complexity index is 608. The van der Waals surface area contributed by atoms with Crippen molar-refractivity contribution >= 4 is 11.3 Å². The van der Waals surface area contributed by atoms with Crippen molar-refractivity contribution in [1.29, 1.82) is 0 Å². The van der Waals surface area contributed by atoms with Crippen LogP contribution in [0.2, 0.25) is 0 Å². The van der Waals surface area contributed by atoms with Gasteiger partial charge in [0.15, 0.2) is 0 Å². The van der Waals surface area contributed by atoms with Crippen LogP contribution < -0.4 is 5.32 Å². The molecule has 0 bridgehead atoms. The van der Waals surface area contributed by atoms with Crippen LogP contribution in [0.25, 0.3) is 0 Å². The van der Waals surface area contributed by atoms with Crippen LogP contribution in [0.4, 0.5) is 0 Å². The summed E-state index contributed by atoms with van der Waals surface area (Å²) < 4.78 is 7.81. The Balaban J connectivity index is 1.65. The zero-order chi connectivity index (χ0) is 14.8. The van der Waals surface area contributed by atoms with Crippen LogP contribution >= 0.6 is 11.3 Å². The summed E-state index contributed by atoms with van der Waals surface area (Å²) in [6.45, 7) is 5.72. The molecular weight excluding hydrogens is 286 g/mol. The second kappa shape index (κ2) is 6.21. The van der Waals surface area contributed by atoms with E-state index in [1.54, 1.807) is 11.3 Å². The zero-order valence-corrected chi connectivity index (χ0v) is 13.5. The normalized spacial score (nSPS) is 22.0. The minimum Gasteiger partial charge on any atom is -0.372 e. The van der Waals surface area contributed by atoms with Gasteiger partial charge in [0, 0.05) is 31.0 Å². The predicted molar refractivity (Wildman–Crippen MR) is 81.2 cm³/mol. The summed E-state index contributed by atoms with van der Waals surface area (Å²) in [6.07, 6.45) is 3.96. The molecule has 1 N–H and O–H groups in total. The van der Waals surface area contributed by atoms with Crippen molar-refractivity contribution in [2.24, 2.45) is 7.05 Å². The van der Waals surface area contributed by atoms with Crippen molar-refractivity contribution in [3.63, 3.8) is 0 Å². The molecule has 2 aromatic heterocycles. The number of ether oxygens (including phenoxy) is 1. The Morgan fingerprint density at radius 2 is 2.24 bits per heavy atom. The molecule has 0 aliphatic carbocycles. The summed E-state index contributed by atoms with van der Waals surface area (Å²) in [5.41, 5.74) is 2.34. The highest BCUT2D eigenvalue weighted by molar-refractivity contribution is 7.11. The molecule has 1 aliphatic heterocycles. The third kappa shape index (κ3) is 3.00. The van der Waals surface area contributed by atoms with Gasteiger partial charge in [-0.05, 0) is 19.8 Å². The van der Waals surface area contributed by atoms with E-state index in [4.69, 9.17) is 4.74 Å². The number of hydrogen-bond acceptors (Lipinski definition) is 6. The summed E-state index contributed by atoms with van der Waals surface area (Å²) in [7, 11) is 1.96. The van der Waals surface area contributed by atoms with Crippen LogP contribution in [0.3, 0.4) is 0 Å². The van der Waals surface area contributed by atoms with Gasteiger partial charge in [0.05, 0.1) is 12.7 Å². The average molecular weight is 307 g/mol. The van der Waals surface area contributed by atoms with E-state index in [0.717, 1.165) is 41.7 Å². The van der Waals surface area contributed by atoms with Gasteiger partial charge >= 0.3 is 0 Å². The first kappa shape index (κ1) is 14.6. The molecule has 0 spiro atoms. The van der Waals surface area contributed by atoms with Crippen LogP contribution in [0, 0.1) is 6.92 Å². The van der Waals surface area contributed by atoms with Crippen molar-refractivity contribution in [2.75, 3.05) is 6.61 Å². The van der Waals surface area contributed by atoms with Crippen molar-refractivity contribution in [3.05, 3.63) is 27.5 Å². The van der Waals surface area contributed by atoms with E-state index in [9.17, 15) is 0 Å². The van der Waals surface area contributed by atoms with Gasteiger partial charge < -0.3 is 10.1 Å². The van der Waals surface area contributed by atoms with Gasteiger partial charge in [-0.2, -0.15) is 5.10 Å². The maximum absolute atomic E-state index is 5.91. The lowest BCUT2D eigenvalue weighted by atomic mass is 10.0. The number of aromatic nitrogens is 4. The Hall–Kier alpha value is -1.31. The van der Waals surface area contributed by atoms with Gasteiger partial charge in [-0.1, -0.05) is 6.92 Å². The molecular formula is C14H21N5OS. The van der Waals surface area contributed by atoms with E-state index in [2.05, 4.69) is 34.5 Å². The molecule has 1 aliphatic rings. The molecule has 6 nitrogen and oxygen atoms in total. The summed E-state index contributed by atoms with van der Waals surface area (Å²) in [5.74, 6) is 0. The largest absolute Gasteiger partial charge is 0.372 e. The lowest BCUT2D eigenvalue weighted by Gasteiger charge is -2.19. The maximum atomic E-state index is 5.91. The van der Waals surface area contributed by atoms with Gasteiger partial charge in [0.1, 0.15) is 16.1 Å². The lowest BCUT2D eigenvalue weighted by Crippen LogP contribution is -2.31. The summed E-state index contributed by atoms with van der Waals surface area (Å²) in [4.78, 5) is 0. The number of nitrogens with zero attached hydrogens (tertiary/aromatic N) is 4. The second-order valence-corrected chi connectivity index (χ2v) is 6.47. The van der Waals surface area contributed by atoms with Crippen LogP contribution in [-0.4, -0.2) is 32.6 Å². The quantitative estimate of drug-likeness (QED) is 0.912. The molecule has 1 fully saturated rings. The average Bonchev–Trinajstić information content (AvgIpc) is 3.19. The first-order valence-electron chi connectivity index (χ1n) is 7.33. The molecule has 0 unspecified atom stereocenters. The second-order valence-electron chi connectivity index (χ2n) is 5.32. The minimum atomic E-state index is 0.0808. The highest BCUT2D eigenvalue weighted by atomic mass is 32.1. The van der Waals surface area contributed by atoms with Gasteiger partial charge in [0.2, 0.25) is 0 Å². The van der Waals surface area contributed by atoms with Crippen molar-refractivity contribution < 1.29 is 4.74 Å². The van der Waals surface area contributed by atoms with Crippen LogP contribution in [0.5, 0.6) is 0 Å². The van der Waals surface area contributed by atoms with E-state index < -0.39 is 0 Å². The predicted octanol–water partition coefficient (Wildman–Crippen LogP) is 1.76.